The van der Waals surface area contributed by atoms with Crippen LogP contribution in [0.1, 0.15) is 31.0 Å². The lowest BCUT2D eigenvalue weighted by Gasteiger charge is -2.17. The third-order valence-electron chi connectivity index (χ3n) is 3.56. The number of aromatic nitrogens is 1. The molecule has 2 rings (SSSR count). The molecule has 0 radical (unpaired) electrons. The van der Waals surface area contributed by atoms with Crippen molar-refractivity contribution < 1.29 is 23.9 Å². The summed E-state index contributed by atoms with van der Waals surface area (Å²) < 4.78 is 9.49. The van der Waals surface area contributed by atoms with E-state index in [1.165, 1.54) is 0 Å². The first-order valence-electron chi connectivity index (χ1n) is 8.83. The van der Waals surface area contributed by atoms with Crippen LogP contribution in [-0.2, 0) is 19.1 Å². The van der Waals surface area contributed by atoms with Crippen molar-refractivity contribution in [1.29, 1.82) is 0 Å². The molecule has 0 saturated heterocycles. The number of nitrogens with two attached hydrogens (primary N) is 1. The van der Waals surface area contributed by atoms with Crippen LogP contribution < -0.4 is 11.1 Å². The van der Waals surface area contributed by atoms with E-state index < -0.39 is 30.2 Å². The number of pyridine rings is 1. The van der Waals surface area contributed by atoms with Gasteiger partial charge in [0.1, 0.15) is 12.4 Å². The maximum absolute atomic E-state index is 12.4. The number of hydrogen-bond donors (Lipinski definition) is 2. The highest BCUT2D eigenvalue weighted by Gasteiger charge is 2.27. The van der Waals surface area contributed by atoms with Gasteiger partial charge in [0.05, 0.1) is 6.10 Å². The highest BCUT2D eigenvalue weighted by atomic mass is 16.7. The van der Waals surface area contributed by atoms with Crippen molar-refractivity contribution in [2.45, 2.75) is 26.0 Å². The number of ether oxygens (including phenoxy) is 2. The Kier molecular flexibility index (Phi) is 7.84. The molecular weight excluding hydrogens is 376 g/mol. The van der Waals surface area contributed by atoms with Crippen LogP contribution in [0.25, 0.3) is 0 Å². The van der Waals surface area contributed by atoms with Crippen molar-refractivity contribution in [3.05, 3.63) is 66.0 Å². The Labute approximate surface area is 167 Å². The minimum absolute atomic E-state index is 0.155. The van der Waals surface area contributed by atoms with E-state index in [-0.39, 0.29) is 12.4 Å². The predicted molar refractivity (Wildman–Crippen MR) is 105 cm³/mol. The summed E-state index contributed by atoms with van der Waals surface area (Å²) in [6, 6.07) is 10.5. The van der Waals surface area contributed by atoms with E-state index in [0.717, 1.165) is 0 Å². The maximum Gasteiger partial charge on any atom is 0.516 e. The Hall–Kier alpha value is -3.75. The number of nitrogens with one attached hydrogen (secondary N) is 1. The topological polar surface area (TPSA) is 133 Å². The van der Waals surface area contributed by atoms with E-state index in [0.29, 0.717) is 11.1 Å². The molecule has 152 valence electrons. The number of carbonyl (C=O) groups excluding carboxylic acids is 3. The molecular formula is C20H22N4O5. The van der Waals surface area contributed by atoms with Gasteiger partial charge >= 0.3 is 12.1 Å². The molecule has 0 spiro atoms. The molecule has 1 atom stereocenters. The summed E-state index contributed by atoms with van der Waals surface area (Å²) in [5, 5.41) is 2.50. The number of amidine groups is 1. The third kappa shape index (κ3) is 7.06. The van der Waals surface area contributed by atoms with Gasteiger partial charge in [-0.15, -0.1) is 0 Å². The highest BCUT2D eigenvalue weighted by molar-refractivity contribution is 5.98. The van der Waals surface area contributed by atoms with Crippen molar-refractivity contribution in [3.8, 4) is 0 Å². The molecule has 1 heterocycles. The van der Waals surface area contributed by atoms with E-state index in [9.17, 15) is 14.4 Å². The highest BCUT2D eigenvalue weighted by Crippen LogP contribution is 2.15. The van der Waals surface area contributed by atoms with Crippen LogP contribution in [0.2, 0.25) is 0 Å². The van der Waals surface area contributed by atoms with E-state index >= 15 is 0 Å². The van der Waals surface area contributed by atoms with Gasteiger partial charge in [-0.3, -0.25) is 14.8 Å². The SMILES string of the molecule is CC(C)OC(=O)OC(=O)[C@H](NC(=O)CN=C(N)c1ccncc1)c1ccccc1. The molecule has 29 heavy (non-hydrogen) atoms. The van der Waals surface area contributed by atoms with Crippen molar-refractivity contribution >= 4 is 23.9 Å². The van der Waals surface area contributed by atoms with Crippen LogP contribution in [0.15, 0.2) is 59.9 Å². The van der Waals surface area contributed by atoms with E-state index in [4.69, 9.17) is 15.2 Å². The molecule has 3 N–H and O–H groups in total. The van der Waals surface area contributed by atoms with Gasteiger partial charge in [0.25, 0.3) is 0 Å². The first-order chi connectivity index (χ1) is 13.9. The fourth-order valence-electron chi connectivity index (χ4n) is 2.26. The van der Waals surface area contributed by atoms with Crippen molar-refractivity contribution in [2.24, 2.45) is 10.7 Å². The molecule has 0 aliphatic rings. The van der Waals surface area contributed by atoms with Crippen LogP contribution in [0.3, 0.4) is 0 Å². The van der Waals surface area contributed by atoms with E-state index in [2.05, 4.69) is 15.3 Å². The summed E-state index contributed by atoms with van der Waals surface area (Å²) in [6.45, 7) is 2.92. The lowest BCUT2D eigenvalue weighted by Crippen LogP contribution is -2.37. The maximum atomic E-state index is 12.4. The zero-order valence-corrected chi connectivity index (χ0v) is 16.1. The number of hydrogen-bond acceptors (Lipinski definition) is 7. The van der Waals surface area contributed by atoms with Gasteiger partial charge in [-0.2, -0.15) is 0 Å². The van der Waals surface area contributed by atoms with Gasteiger partial charge < -0.3 is 20.5 Å². The molecule has 1 aromatic carbocycles. The van der Waals surface area contributed by atoms with Crippen molar-refractivity contribution in [3.63, 3.8) is 0 Å². The first-order valence-corrected chi connectivity index (χ1v) is 8.83. The number of benzene rings is 1. The molecule has 1 amide bonds. The van der Waals surface area contributed by atoms with Gasteiger partial charge in [-0.25, -0.2) is 9.59 Å². The van der Waals surface area contributed by atoms with Crippen LogP contribution in [0, 0.1) is 0 Å². The van der Waals surface area contributed by atoms with E-state index in [1.54, 1.807) is 68.7 Å². The van der Waals surface area contributed by atoms with Gasteiger partial charge in [0.2, 0.25) is 5.91 Å². The fraction of sp³-hybridized carbons (Fsp3) is 0.250. The zero-order valence-electron chi connectivity index (χ0n) is 16.1. The Balaban J connectivity index is 2.08. The molecule has 1 aromatic heterocycles. The number of carbonyl (C=O) groups is 3. The fourth-order valence-corrected chi connectivity index (χ4v) is 2.26. The first kappa shape index (κ1) is 21.5. The van der Waals surface area contributed by atoms with E-state index in [1.807, 2.05) is 0 Å². The lowest BCUT2D eigenvalue weighted by atomic mass is 10.1. The summed E-state index contributed by atoms with van der Waals surface area (Å²) in [6.07, 6.45) is 1.51. The Morgan fingerprint density at radius 2 is 1.76 bits per heavy atom. The summed E-state index contributed by atoms with van der Waals surface area (Å²) in [5.74, 6) is -1.40. The molecule has 0 aliphatic carbocycles. The standard InChI is InChI=1S/C20H22N4O5/c1-13(2)28-20(27)29-19(26)17(14-6-4-3-5-7-14)24-16(25)12-23-18(21)15-8-10-22-11-9-15/h3-11,13,17H,12H2,1-2H3,(H2,21,23)(H,24,25)/t17-/m1/s1. The normalized spacial score (nSPS) is 12.2. The second-order valence-corrected chi connectivity index (χ2v) is 6.19. The predicted octanol–water partition coefficient (Wildman–Crippen LogP) is 1.73. The van der Waals surface area contributed by atoms with Gasteiger partial charge in [0.15, 0.2) is 6.04 Å². The molecule has 0 aliphatic heterocycles. The monoisotopic (exact) mass is 398 g/mol. The van der Waals surface area contributed by atoms with Gasteiger partial charge in [0, 0.05) is 18.0 Å². The number of aliphatic imine (C=N–C) groups is 1. The smallest absolute Gasteiger partial charge is 0.431 e. The summed E-state index contributed by atoms with van der Waals surface area (Å²) in [4.78, 5) is 44.3. The summed E-state index contributed by atoms with van der Waals surface area (Å²) >= 11 is 0. The minimum Gasteiger partial charge on any atom is -0.431 e. The van der Waals surface area contributed by atoms with Gasteiger partial charge in [-0.1, -0.05) is 30.3 Å². The molecule has 0 saturated carbocycles. The summed E-state index contributed by atoms with van der Waals surface area (Å²) in [5.41, 5.74) is 6.90. The second kappa shape index (κ2) is 10.5. The van der Waals surface area contributed by atoms with Crippen LogP contribution in [-0.4, -0.2) is 41.5 Å². The number of nitrogens with zero attached hydrogens (tertiary/aromatic N) is 2. The zero-order chi connectivity index (χ0) is 21.2. The van der Waals surface area contributed by atoms with Gasteiger partial charge in [-0.05, 0) is 31.5 Å². The second-order valence-electron chi connectivity index (χ2n) is 6.19. The molecule has 0 bridgehead atoms. The molecule has 0 unspecified atom stereocenters. The molecule has 0 fully saturated rings. The average molecular weight is 398 g/mol. The lowest BCUT2D eigenvalue weighted by molar-refractivity contribution is -0.144. The Morgan fingerprint density at radius 3 is 2.38 bits per heavy atom. The Bertz CT molecular complexity index is 869. The average Bonchev–Trinajstić information content (AvgIpc) is 2.70. The third-order valence-corrected chi connectivity index (χ3v) is 3.56. The molecule has 2 aromatic rings. The van der Waals surface area contributed by atoms with Crippen molar-refractivity contribution in [2.75, 3.05) is 6.54 Å². The number of rotatable bonds is 7. The Morgan fingerprint density at radius 1 is 1.10 bits per heavy atom. The quantitative estimate of drug-likeness (QED) is 0.314. The van der Waals surface area contributed by atoms with Crippen LogP contribution in [0.5, 0.6) is 0 Å². The minimum atomic E-state index is -1.21. The van der Waals surface area contributed by atoms with Crippen LogP contribution in [0.4, 0.5) is 4.79 Å². The molecule has 9 heteroatoms. The van der Waals surface area contributed by atoms with Crippen LogP contribution >= 0.6 is 0 Å². The molecule has 9 nitrogen and oxygen atoms in total. The largest absolute Gasteiger partial charge is 0.516 e. The number of amides is 1. The van der Waals surface area contributed by atoms with Crippen molar-refractivity contribution in [1.82, 2.24) is 10.3 Å². The summed E-state index contributed by atoms with van der Waals surface area (Å²) in [7, 11) is 0. The number of esters is 1.